The minimum absolute atomic E-state index is 0.740. The summed E-state index contributed by atoms with van der Waals surface area (Å²) in [7, 11) is 0. The van der Waals surface area contributed by atoms with Gasteiger partial charge in [0.15, 0.2) is 0 Å². The highest BCUT2D eigenvalue weighted by Crippen LogP contribution is 2.21. The highest BCUT2D eigenvalue weighted by atomic mass is 35.5. The van der Waals surface area contributed by atoms with Crippen LogP contribution in [0.25, 0.3) is 0 Å². The maximum absolute atomic E-state index is 5.90. The lowest BCUT2D eigenvalue weighted by Crippen LogP contribution is -1.92. The van der Waals surface area contributed by atoms with Crippen molar-refractivity contribution < 1.29 is 0 Å². The molecule has 2 aromatic carbocycles. The van der Waals surface area contributed by atoms with Crippen molar-refractivity contribution in [3.8, 4) is 0 Å². The molecule has 0 fully saturated rings. The van der Waals surface area contributed by atoms with Crippen molar-refractivity contribution in [2.24, 2.45) is 5.10 Å². The van der Waals surface area contributed by atoms with E-state index in [0.29, 0.717) is 0 Å². The van der Waals surface area contributed by atoms with Gasteiger partial charge in [0, 0.05) is 15.7 Å². The Labute approximate surface area is 154 Å². The molecule has 0 saturated carbocycles. The first-order valence-electron chi connectivity index (χ1n) is 7.20. The zero-order valence-electron chi connectivity index (χ0n) is 13.0. The van der Waals surface area contributed by atoms with Crippen LogP contribution in [0.3, 0.4) is 0 Å². The van der Waals surface area contributed by atoms with Gasteiger partial charge in [-0.2, -0.15) is 9.78 Å². The summed E-state index contributed by atoms with van der Waals surface area (Å²) in [5.74, 6) is 0.786. The van der Waals surface area contributed by atoms with Crippen LogP contribution in [0.2, 0.25) is 5.02 Å². The molecule has 4 nitrogen and oxygen atoms in total. The van der Waals surface area contributed by atoms with Gasteiger partial charge in [-0.05, 0) is 41.6 Å². The Morgan fingerprint density at radius 2 is 1.88 bits per heavy atom. The van der Waals surface area contributed by atoms with E-state index in [1.54, 1.807) is 40.7 Å². The molecule has 0 unspecified atom stereocenters. The molecule has 3 aromatic rings. The second kappa shape index (κ2) is 8.37. The standard InChI is InChI=1S/C17H15ClN4S2/c1-23-16-8-4-13(5-9-16)10-20-22-12-19-21-17(22)24-11-14-2-6-15(18)7-3-14/h2-10,12H,11H2,1H3/b20-10-. The van der Waals surface area contributed by atoms with E-state index in [0.717, 1.165) is 21.5 Å². The number of hydrogen-bond acceptors (Lipinski definition) is 5. The Balaban J connectivity index is 1.65. The fraction of sp³-hybridized carbons (Fsp3) is 0.118. The van der Waals surface area contributed by atoms with Crippen LogP contribution >= 0.6 is 35.1 Å². The van der Waals surface area contributed by atoms with E-state index in [4.69, 9.17) is 11.6 Å². The van der Waals surface area contributed by atoms with Crippen LogP contribution in [0.15, 0.2) is 70.0 Å². The number of benzene rings is 2. The molecule has 1 heterocycles. The van der Waals surface area contributed by atoms with E-state index < -0.39 is 0 Å². The Morgan fingerprint density at radius 1 is 1.12 bits per heavy atom. The van der Waals surface area contributed by atoms with Crippen LogP contribution in [0.4, 0.5) is 0 Å². The summed E-state index contributed by atoms with van der Waals surface area (Å²) < 4.78 is 1.68. The summed E-state index contributed by atoms with van der Waals surface area (Å²) in [4.78, 5) is 1.23. The molecule has 0 aliphatic carbocycles. The number of thioether (sulfide) groups is 2. The molecule has 0 saturated heterocycles. The number of nitrogens with zero attached hydrogens (tertiary/aromatic N) is 4. The normalized spacial score (nSPS) is 11.2. The van der Waals surface area contributed by atoms with E-state index in [-0.39, 0.29) is 0 Å². The Kier molecular flexibility index (Phi) is 5.96. The Bertz CT molecular complexity index is 813. The summed E-state index contributed by atoms with van der Waals surface area (Å²) in [6.45, 7) is 0. The van der Waals surface area contributed by atoms with Crippen molar-refractivity contribution in [1.82, 2.24) is 14.9 Å². The van der Waals surface area contributed by atoms with Crippen LogP contribution < -0.4 is 0 Å². The van der Waals surface area contributed by atoms with Crippen LogP contribution in [-0.4, -0.2) is 27.3 Å². The Morgan fingerprint density at radius 3 is 2.58 bits per heavy atom. The van der Waals surface area contributed by atoms with Crippen LogP contribution in [-0.2, 0) is 5.75 Å². The second-order valence-electron chi connectivity index (χ2n) is 4.89. The summed E-state index contributed by atoms with van der Waals surface area (Å²) in [5, 5.41) is 14.0. The molecule has 0 N–H and O–H groups in total. The van der Waals surface area contributed by atoms with Crippen molar-refractivity contribution >= 4 is 41.3 Å². The average molecular weight is 375 g/mol. The minimum Gasteiger partial charge on any atom is -0.195 e. The van der Waals surface area contributed by atoms with E-state index in [1.165, 1.54) is 10.5 Å². The van der Waals surface area contributed by atoms with Crippen LogP contribution in [0, 0.1) is 0 Å². The second-order valence-corrected chi connectivity index (χ2v) is 7.15. The third kappa shape index (κ3) is 4.63. The molecule has 3 rings (SSSR count). The molecule has 122 valence electrons. The smallest absolute Gasteiger partial charge is 0.195 e. The summed E-state index contributed by atoms with van der Waals surface area (Å²) in [5.41, 5.74) is 2.21. The van der Waals surface area contributed by atoms with Gasteiger partial charge < -0.3 is 0 Å². The lowest BCUT2D eigenvalue weighted by atomic mass is 10.2. The molecule has 0 atom stereocenters. The molecule has 1 aromatic heterocycles. The third-order valence-corrected chi connectivity index (χ3v) is 5.23. The van der Waals surface area contributed by atoms with Crippen molar-refractivity contribution in [2.45, 2.75) is 15.8 Å². The van der Waals surface area contributed by atoms with Gasteiger partial charge in [-0.15, -0.1) is 22.0 Å². The van der Waals surface area contributed by atoms with Crippen LogP contribution in [0.5, 0.6) is 0 Å². The zero-order chi connectivity index (χ0) is 16.8. The average Bonchev–Trinajstić information content (AvgIpc) is 3.07. The number of aromatic nitrogens is 3. The van der Waals surface area contributed by atoms with E-state index >= 15 is 0 Å². The van der Waals surface area contributed by atoms with Gasteiger partial charge >= 0.3 is 0 Å². The quantitative estimate of drug-likeness (QED) is 0.458. The largest absolute Gasteiger partial charge is 0.212 e. The maximum Gasteiger partial charge on any atom is 0.212 e. The van der Waals surface area contributed by atoms with Crippen molar-refractivity contribution in [3.63, 3.8) is 0 Å². The van der Waals surface area contributed by atoms with Gasteiger partial charge in [-0.1, -0.05) is 47.6 Å². The van der Waals surface area contributed by atoms with E-state index in [2.05, 4.69) is 33.7 Å². The fourth-order valence-corrected chi connectivity index (χ4v) is 3.29. The molecule has 0 aliphatic rings. The summed E-state index contributed by atoms with van der Waals surface area (Å²) in [6, 6.07) is 16.0. The molecule has 0 radical (unpaired) electrons. The van der Waals surface area contributed by atoms with Crippen molar-refractivity contribution in [3.05, 3.63) is 71.0 Å². The molecular formula is C17H15ClN4S2. The van der Waals surface area contributed by atoms with E-state index in [9.17, 15) is 0 Å². The molecule has 0 amide bonds. The first-order valence-corrected chi connectivity index (χ1v) is 9.79. The number of halogens is 1. The lowest BCUT2D eigenvalue weighted by Gasteiger charge is -2.02. The Hall–Kier alpha value is -1.76. The number of rotatable bonds is 6. The maximum atomic E-state index is 5.90. The molecule has 0 spiro atoms. The third-order valence-electron chi connectivity index (χ3n) is 3.23. The van der Waals surface area contributed by atoms with Gasteiger partial charge in [-0.25, -0.2) is 0 Å². The molecule has 0 bridgehead atoms. The minimum atomic E-state index is 0.740. The lowest BCUT2D eigenvalue weighted by molar-refractivity contribution is 0.767. The van der Waals surface area contributed by atoms with E-state index in [1.807, 2.05) is 36.4 Å². The van der Waals surface area contributed by atoms with Gasteiger partial charge in [0.25, 0.3) is 0 Å². The topological polar surface area (TPSA) is 43.1 Å². The van der Waals surface area contributed by atoms with Gasteiger partial charge in [0.1, 0.15) is 6.33 Å². The first kappa shape index (κ1) is 17.1. The van der Waals surface area contributed by atoms with Crippen molar-refractivity contribution in [1.29, 1.82) is 0 Å². The highest BCUT2D eigenvalue weighted by Gasteiger charge is 2.04. The van der Waals surface area contributed by atoms with Crippen molar-refractivity contribution in [2.75, 3.05) is 6.26 Å². The monoisotopic (exact) mass is 374 g/mol. The SMILES string of the molecule is CSc1ccc(/C=N\n2cnnc2SCc2ccc(Cl)cc2)cc1. The summed E-state index contributed by atoms with van der Waals surface area (Å²) in [6.07, 6.45) is 5.47. The predicted octanol–water partition coefficient (Wildman–Crippen LogP) is 4.83. The summed E-state index contributed by atoms with van der Waals surface area (Å²) >= 11 is 9.20. The molecule has 0 aliphatic heterocycles. The van der Waals surface area contributed by atoms with Gasteiger partial charge in [0.05, 0.1) is 6.21 Å². The van der Waals surface area contributed by atoms with Crippen LogP contribution in [0.1, 0.15) is 11.1 Å². The van der Waals surface area contributed by atoms with Gasteiger partial charge in [0.2, 0.25) is 5.16 Å². The highest BCUT2D eigenvalue weighted by molar-refractivity contribution is 7.98. The molecule has 24 heavy (non-hydrogen) atoms. The first-order chi connectivity index (χ1) is 11.7. The molecule has 7 heteroatoms. The molecular weight excluding hydrogens is 360 g/mol. The zero-order valence-corrected chi connectivity index (χ0v) is 15.4. The number of hydrogen-bond donors (Lipinski definition) is 0. The predicted molar refractivity (Wildman–Crippen MR) is 102 cm³/mol. The fourth-order valence-electron chi connectivity index (χ4n) is 1.94. The van der Waals surface area contributed by atoms with Gasteiger partial charge in [-0.3, -0.25) is 0 Å².